The molecule has 0 aliphatic carbocycles. The lowest BCUT2D eigenvalue weighted by Gasteiger charge is -2.25. The molecule has 0 amide bonds. The summed E-state index contributed by atoms with van der Waals surface area (Å²) < 4.78 is 10.8. The van der Waals surface area contributed by atoms with Gasteiger partial charge in [-0.3, -0.25) is 0 Å². The maximum Gasteiger partial charge on any atom is 0.184 e. The van der Waals surface area contributed by atoms with E-state index in [1.165, 1.54) is 0 Å². The number of allylic oxidation sites excluding steroid dienone is 1. The Labute approximate surface area is 69.2 Å². The van der Waals surface area contributed by atoms with Gasteiger partial charge in [-0.05, 0) is 33.8 Å². The second-order valence-electron chi connectivity index (χ2n) is 2.38. The zero-order valence-electron chi connectivity index (χ0n) is 7.89. The van der Waals surface area contributed by atoms with Crippen molar-refractivity contribution < 1.29 is 9.47 Å². The normalized spacial score (nSPS) is 12.7. The van der Waals surface area contributed by atoms with Crippen LogP contribution in [0.15, 0.2) is 12.2 Å². The van der Waals surface area contributed by atoms with Gasteiger partial charge >= 0.3 is 0 Å². The predicted octanol–water partition coefficient (Wildman–Crippen LogP) is 2.35. The summed E-state index contributed by atoms with van der Waals surface area (Å²) in [5.41, 5.74) is 0. The van der Waals surface area contributed by atoms with E-state index >= 15 is 0 Å². The summed E-state index contributed by atoms with van der Waals surface area (Å²) in [4.78, 5) is 0. The fourth-order valence-electron chi connectivity index (χ4n) is 1.01. The van der Waals surface area contributed by atoms with Gasteiger partial charge in [0.25, 0.3) is 0 Å². The summed E-state index contributed by atoms with van der Waals surface area (Å²) in [6.07, 6.45) is 3.85. The summed E-state index contributed by atoms with van der Waals surface area (Å²) in [5, 5.41) is 0. The molecule has 0 N–H and O–H groups in total. The van der Waals surface area contributed by atoms with Crippen molar-refractivity contribution in [2.75, 3.05) is 13.2 Å². The fraction of sp³-hybridized carbons (Fsp3) is 0.778. The molecule has 0 aliphatic rings. The molecule has 0 fully saturated rings. The molecule has 0 aromatic heterocycles. The van der Waals surface area contributed by atoms with Crippen molar-refractivity contribution in [3.8, 4) is 0 Å². The van der Waals surface area contributed by atoms with Gasteiger partial charge in [0.2, 0.25) is 0 Å². The predicted molar refractivity (Wildman–Crippen MR) is 46.5 cm³/mol. The third-order valence-electron chi connectivity index (χ3n) is 1.33. The minimum atomic E-state index is -0.530. The molecule has 2 nitrogen and oxygen atoms in total. The summed E-state index contributed by atoms with van der Waals surface area (Å²) >= 11 is 0. The standard InChI is InChI=1S/C9H18O2/c1-5-8-9(4,10-6-2)11-7-3/h5,8H,6-7H2,1-4H3/b8-5-. The quantitative estimate of drug-likeness (QED) is 0.451. The van der Waals surface area contributed by atoms with Gasteiger partial charge in [-0.15, -0.1) is 0 Å². The van der Waals surface area contributed by atoms with Crippen molar-refractivity contribution in [2.45, 2.75) is 33.5 Å². The van der Waals surface area contributed by atoms with E-state index in [-0.39, 0.29) is 0 Å². The Balaban J connectivity index is 4.01. The second-order valence-corrected chi connectivity index (χ2v) is 2.38. The van der Waals surface area contributed by atoms with Gasteiger partial charge in [0.15, 0.2) is 5.79 Å². The molecule has 0 aromatic carbocycles. The summed E-state index contributed by atoms with van der Waals surface area (Å²) in [6, 6.07) is 0. The maximum absolute atomic E-state index is 5.40. The van der Waals surface area contributed by atoms with Crippen LogP contribution in [0.2, 0.25) is 0 Å². The zero-order chi connectivity index (χ0) is 8.74. The largest absolute Gasteiger partial charge is 0.347 e. The Morgan fingerprint density at radius 3 is 1.91 bits per heavy atom. The van der Waals surface area contributed by atoms with Gasteiger partial charge in [-0.2, -0.15) is 0 Å². The van der Waals surface area contributed by atoms with Crippen LogP contribution in [0.25, 0.3) is 0 Å². The van der Waals surface area contributed by atoms with Gasteiger partial charge in [0, 0.05) is 13.2 Å². The summed E-state index contributed by atoms with van der Waals surface area (Å²) in [7, 11) is 0. The Morgan fingerprint density at radius 1 is 1.18 bits per heavy atom. The molecular formula is C9H18O2. The molecule has 0 aromatic rings. The minimum absolute atomic E-state index is 0.530. The van der Waals surface area contributed by atoms with E-state index in [2.05, 4.69) is 0 Å². The molecule has 0 atom stereocenters. The van der Waals surface area contributed by atoms with E-state index < -0.39 is 5.79 Å². The third-order valence-corrected chi connectivity index (χ3v) is 1.33. The Hall–Kier alpha value is -0.340. The first-order valence-electron chi connectivity index (χ1n) is 4.10. The van der Waals surface area contributed by atoms with Crippen molar-refractivity contribution in [1.82, 2.24) is 0 Å². The smallest absolute Gasteiger partial charge is 0.184 e. The van der Waals surface area contributed by atoms with Crippen molar-refractivity contribution >= 4 is 0 Å². The zero-order valence-corrected chi connectivity index (χ0v) is 7.89. The van der Waals surface area contributed by atoms with Crippen LogP contribution < -0.4 is 0 Å². The lowest BCUT2D eigenvalue weighted by atomic mass is 10.3. The Bertz CT molecular complexity index is 113. The lowest BCUT2D eigenvalue weighted by Crippen LogP contribution is -2.29. The third kappa shape index (κ3) is 4.17. The number of hydrogen-bond donors (Lipinski definition) is 0. The highest BCUT2D eigenvalue weighted by Gasteiger charge is 2.19. The van der Waals surface area contributed by atoms with E-state index in [1.807, 2.05) is 39.8 Å². The van der Waals surface area contributed by atoms with Crippen molar-refractivity contribution in [1.29, 1.82) is 0 Å². The van der Waals surface area contributed by atoms with E-state index in [0.29, 0.717) is 13.2 Å². The van der Waals surface area contributed by atoms with Crippen molar-refractivity contribution in [2.24, 2.45) is 0 Å². The molecule has 66 valence electrons. The molecule has 0 aliphatic heterocycles. The van der Waals surface area contributed by atoms with Crippen LogP contribution in [0.5, 0.6) is 0 Å². The molecule has 0 unspecified atom stereocenters. The van der Waals surface area contributed by atoms with Crippen LogP contribution in [-0.4, -0.2) is 19.0 Å². The van der Waals surface area contributed by atoms with Crippen LogP contribution in [0.3, 0.4) is 0 Å². The monoisotopic (exact) mass is 158 g/mol. The first-order valence-corrected chi connectivity index (χ1v) is 4.10. The first-order chi connectivity index (χ1) is 5.18. The molecule has 0 heterocycles. The molecule has 0 bridgehead atoms. The topological polar surface area (TPSA) is 18.5 Å². The highest BCUT2D eigenvalue weighted by molar-refractivity contribution is 4.91. The van der Waals surface area contributed by atoms with Gasteiger partial charge in [-0.25, -0.2) is 0 Å². The lowest BCUT2D eigenvalue weighted by molar-refractivity contribution is -0.186. The maximum atomic E-state index is 5.40. The number of rotatable bonds is 5. The summed E-state index contributed by atoms with van der Waals surface area (Å²) in [5.74, 6) is -0.530. The van der Waals surface area contributed by atoms with E-state index in [9.17, 15) is 0 Å². The molecule has 0 rings (SSSR count). The molecule has 0 spiro atoms. The van der Waals surface area contributed by atoms with Gasteiger partial charge in [0.1, 0.15) is 0 Å². The SMILES string of the molecule is C/C=C\C(C)(OCC)OCC. The molecule has 11 heavy (non-hydrogen) atoms. The molecule has 0 saturated carbocycles. The van der Waals surface area contributed by atoms with Crippen LogP contribution in [0, 0.1) is 0 Å². The van der Waals surface area contributed by atoms with Crippen LogP contribution >= 0.6 is 0 Å². The van der Waals surface area contributed by atoms with Crippen LogP contribution in [-0.2, 0) is 9.47 Å². The average molecular weight is 158 g/mol. The van der Waals surface area contributed by atoms with Gasteiger partial charge in [-0.1, -0.05) is 6.08 Å². The Morgan fingerprint density at radius 2 is 1.64 bits per heavy atom. The summed E-state index contributed by atoms with van der Waals surface area (Å²) in [6.45, 7) is 9.12. The molecule has 2 heteroatoms. The average Bonchev–Trinajstić information content (AvgIpc) is 1.88. The van der Waals surface area contributed by atoms with Crippen LogP contribution in [0.1, 0.15) is 27.7 Å². The minimum Gasteiger partial charge on any atom is -0.347 e. The van der Waals surface area contributed by atoms with Crippen molar-refractivity contribution in [3.63, 3.8) is 0 Å². The van der Waals surface area contributed by atoms with E-state index in [0.717, 1.165) is 0 Å². The van der Waals surface area contributed by atoms with Crippen LogP contribution in [0.4, 0.5) is 0 Å². The first kappa shape index (κ1) is 10.7. The Kier molecular flexibility index (Phi) is 5.16. The number of hydrogen-bond acceptors (Lipinski definition) is 2. The van der Waals surface area contributed by atoms with E-state index in [4.69, 9.17) is 9.47 Å². The second kappa shape index (κ2) is 5.33. The highest BCUT2D eigenvalue weighted by Crippen LogP contribution is 2.13. The number of ether oxygens (including phenoxy) is 2. The molecule has 0 saturated heterocycles. The highest BCUT2D eigenvalue weighted by atomic mass is 16.7. The van der Waals surface area contributed by atoms with Gasteiger partial charge < -0.3 is 9.47 Å². The van der Waals surface area contributed by atoms with Gasteiger partial charge in [0.05, 0.1) is 0 Å². The molecular weight excluding hydrogens is 140 g/mol. The van der Waals surface area contributed by atoms with Crippen molar-refractivity contribution in [3.05, 3.63) is 12.2 Å². The van der Waals surface area contributed by atoms with E-state index in [1.54, 1.807) is 0 Å². The molecule has 0 radical (unpaired) electrons. The fourth-order valence-corrected chi connectivity index (χ4v) is 1.01.